The Balaban J connectivity index is 2.06. The van der Waals surface area contributed by atoms with Gasteiger partial charge in [0, 0.05) is 30.1 Å². The third-order valence-electron chi connectivity index (χ3n) is 2.41. The maximum Gasteiger partial charge on any atom is 0.321 e. The van der Waals surface area contributed by atoms with Crippen molar-refractivity contribution in [3.05, 3.63) is 47.8 Å². The molecule has 0 aliphatic heterocycles. The maximum atomic E-state index is 10.9. The van der Waals surface area contributed by atoms with Crippen molar-refractivity contribution >= 4 is 5.91 Å². The monoisotopic (exact) mass is 258 g/mol. The van der Waals surface area contributed by atoms with Crippen LogP contribution in [0.5, 0.6) is 11.8 Å². The first-order valence-corrected chi connectivity index (χ1v) is 5.72. The molecule has 1 amide bonds. The fourth-order valence-corrected chi connectivity index (χ4v) is 1.48. The predicted molar refractivity (Wildman–Crippen MR) is 69.8 cm³/mol. The average Bonchev–Trinajstić information content (AvgIpc) is 2.42. The van der Waals surface area contributed by atoms with E-state index in [-0.39, 0.29) is 6.01 Å². The van der Waals surface area contributed by atoms with Crippen LogP contribution in [-0.4, -0.2) is 22.9 Å². The second-order valence-corrected chi connectivity index (χ2v) is 3.89. The Morgan fingerprint density at radius 3 is 2.42 bits per heavy atom. The highest BCUT2D eigenvalue weighted by Crippen LogP contribution is 2.17. The molecule has 0 aliphatic carbocycles. The summed E-state index contributed by atoms with van der Waals surface area (Å²) in [5.41, 5.74) is 6.55. The number of nitrogens with one attached hydrogen (secondary N) is 1. The Morgan fingerprint density at radius 1 is 1.26 bits per heavy atom. The van der Waals surface area contributed by atoms with Gasteiger partial charge in [-0.2, -0.15) is 0 Å². The van der Waals surface area contributed by atoms with Crippen molar-refractivity contribution in [2.45, 2.75) is 6.54 Å². The lowest BCUT2D eigenvalue weighted by molar-refractivity contribution is 0.100. The summed E-state index contributed by atoms with van der Waals surface area (Å²) in [6, 6.07) is 6.72. The molecule has 98 valence electrons. The molecule has 2 aromatic rings. The minimum atomic E-state index is -0.473. The molecule has 1 heterocycles. The lowest BCUT2D eigenvalue weighted by Crippen LogP contribution is -2.10. The summed E-state index contributed by atoms with van der Waals surface area (Å²) in [4.78, 5) is 19.1. The smallest absolute Gasteiger partial charge is 0.321 e. The van der Waals surface area contributed by atoms with Gasteiger partial charge in [0.1, 0.15) is 5.75 Å². The molecule has 1 aromatic heterocycles. The summed E-state index contributed by atoms with van der Waals surface area (Å²) in [7, 11) is 1.85. The van der Waals surface area contributed by atoms with Gasteiger partial charge in [-0.25, -0.2) is 9.97 Å². The molecule has 0 fully saturated rings. The van der Waals surface area contributed by atoms with Crippen LogP contribution in [-0.2, 0) is 6.54 Å². The van der Waals surface area contributed by atoms with Gasteiger partial charge in [0.05, 0.1) is 0 Å². The van der Waals surface area contributed by atoms with Gasteiger partial charge < -0.3 is 15.8 Å². The van der Waals surface area contributed by atoms with Crippen molar-refractivity contribution < 1.29 is 9.53 Å². The van der Waals surface area contributed by atoms with E-state index in [1.54, 1.807) is 36.7 Å². The number of primary amides is 1. The van der Waals surface area contributed by atoms with Crippen molar-refractivity contribution in [2.75, 3.05) is 7.05 Å². The molecule has 0 saturated heterocycles. The number of hydrogen-bond acceptors (Lipinski definition) is 5. The third-order valence-corrected chi connectivity index (χ3v) is 2.41. The molecule has 0 bridgehead atoms. The molecule has 0 aliphatic rings. The zero-order valence-corrected chi connectivity index (χ0v) is 10.5. The Bertz CT molecular complexity index is 552. The molecule has 0 radical (unpaired) electrons. The summed E-state index contributed by atoms with van der Waals surface area (Å²) in [6.45, 7) is 0.702. The molecule has 0 unspecified atom stereocenters. The van der Waals surface area contributed by atoms with Gasteiger partial charge in [-0.3, -0.25) is 4.79 Å². The van der Waals surface area contributed by atoms with Gasteiger partial charge in [0.15, 0.2) is 0 Å². The highest BCUT2D eigenvalue weighted by atomic mass is 16.5. The number of nitrogens with two attached hydrogens (primary N) is 1. The van der Waals surface area contributed by atoms with Crippen molar-refractivity contribution in [1.82, 2.24) is 15.3 Å². The summed E-state index contributed by atoms with van der Waals surface area (Å²) in [5.74, 6) is 0.0746. The van der Waals surface area contributed by atoms with Crippen LogP contribution in [0.4, 0.5) is 0 Å². The number of carbonyl (C=O) groups excluding carboxylic acids is 1. The van der Waals surface area contributed by atoms with Crippen LogP contribution in [0.2, 0.25) is 0 Å². The zero-order valence-electron chi connectivity index (χ0n) is 10.5. The van der Waals surface area contributed by atoms with E-state index in [0.29, 0.717) is 17.9 Å². The molecule has 19 heavy (non-hydrogen) atoms. The quantitative estimate of drug-likeness (QED) is 0.837. The van der Waals surface area contributed by atoms with E-state index in [0.717, 1.165) is 5.56 Å². The zero-order chi connectivity index (χ0) is 13.7. The maximum absolute atomic E-state index is 10.9. The fourth-order valence-electron chi connectivity index (χ4n) is 1.48. The van der Waals surface area contributed by atoms with E-state index in [1.807, 2.05) is 7.05 Å². The van der Waals surface area contributed by atoms with E-state index in [2.05, 4.69) is 15.3 Å². The number of benzene rings is 1. The summed E-state index contributed by atoms with van der Waals surface area (Å²) < 4.78 is 5.45. The van der Waals surface area contributed by atoms with E-state index in [1.165, 1.54) is 0 Å². The summed E-state index contributed by atoms with van der Waals surface area (Å²) in [5, 5.41) is 3.01. The van der Waals surface area contributed by atoms with E-state index < -0.39 is 5.91 Å². The Hall–Kier alpha value is -2.47. The first-order chi connectivity index (χ1) is 9.19. The van der Waals surface area contributed by atoms with Crippen molar-refractivity contribution in [3.63, 3.8) is 0 Å². The predicted octanol–water partition coefficient (Wildman–Crippen LogP) is 1.09. The highest BCUT2D eigenvalue weighted by Gasteiger charge is 2.03. The van der Waals surface area contributed by atoms with Gasteiger partial charge in [-0.15, -0.1) is 0 Å². The summed E-state index contributed by atoms with van der Waals surface area (Å²) >= 11 is 0. The van der Waals surface area contributed by atoms with Crippen LogP contribution in [0.15, 0.2) is 36.7 Å². The van der Waals surface area contributed by atoms with Crippen molar-refractivity contribution in [1.29, 1.82) is 0 Å². The molecule has 0 saturated carbocycles. The number of nitrogens with zero attached hydrogens (tertiary/aromatic N) is 2. The van der Waals surface area contributed by atoms with Gasteiger partial charge in [-0.1, -0.05) is 0 Å². The normalized spacial score (nSPS) is 10.2. The summed E-state index contributed by atoms with van der Waals surface area (Å²) in [6.07, 6.45) is 3.38. The number of aromatic nitrogens is 2. The Morgan fingerprint density at radius 2 is 1.89 bits per heavy atom. The van der Waals surface area contributed by atoms with Crippen LogP contribution in [0.3, 0.4) is 0 Å². The number of amides is 1. The Labute approximate surface area is 110 Å². The Kier molecular flexibility index (Phi) is 4.04. The van der Waals surface area contributed by atoms with E-state index in [4.69, 9.17) is 10.5 Å². The lowest BCUT2D eigenvalue weighted by atomic mass is 10.2. The second-order valence-electron chi connectivity index (χ2n) is 3.89. The van der Waals surface area contributed by atoms with Crippen LogP contribution in [0.1, 0.15) is 15.9 Å². The van der Waals surface area contributed by atoms with Gasteiger partial charge >= 0.3 is 6.01 Å². The molecule has 0 atom stereocenters. The lowest BCUT2D eigenvalue weighted by Gasteiger charge is -2.05. The van der Waals surface area contributed by atoms with E-state index >= 15 is 0 Å². The van der Waals surface area contributed by atoms with Crippen LogP contribution in [0.25, 0.3) is 0 Å². The topological polar surface area (TPSA) is 90.1 Å². The number of carbonyl (C=O) groups is 1. The standard InChI is InChI=1S/C13H14N4O2/c1-15-6-9-7-16-13(17-8-9)19-11-4-2-10(3-5-11)12(14)18/h2-5,7-8,15H,6H2,1H3,(H2,14,18). The first kappa shape index (κ1) is 13.0. The molecule has 0 spiro atoms. The molecule has 3 N–H and O–H groups in total. The van der Waals surface area contributed by atoms with Crippen molar-refractivity contribution in [3.8, 4) is 11.8 Å². The molecule has 1 aromatic carbocycles. The highest BCUT2D eigenvalue weighted by molar-refractivity contribution is 5.92. The minimum Gasteiger partial charge on any atom is -0.424 e. The van der Waals surface area contributed by atoms with Crippen molar-refractivity contribution in [2.24, 2.45) is 5.73 Å². The third kappa shape index (κ3) is 3.49. The number of hydrogen-bond donors (Lipinski definition) is 2. The molecular weight excluding hydrogens is 244 g/mol. The number of rotatable bonds is 5. The second kappa shape index (κ2) is 5.92. The molecule has 6 heteroatoms. The fraction of sp³-hybridized carbons (Fsp3) is 0.154. The van der Waals surface area contributed by atoms with E-state index in [9.17, 15) is 4.79 Å². The van der Waals surface area contributed by atoms with Gasteiger partial charge in [0.2, 0.25) is 5.91 Å². The molecule has 6 nitrogen and oxygen atoms in total. The largest absolute Gasteiger partial charge is 0.424 e. The van der Waals surface area contributed by atoms with Crippen LogP contribution < -0.4 is 15.8 Å². The van der Waals surface area contributed by atoms with Crippen LogP contribution in [0, 0.1) is 0 Å². The molecular formula is C13H14N4O2. The average molecular weight is 258 g/mol. The number of ether oxygens (including phenoxy) is 1. The molecule has 2 rings (SSSR count). The minimum absolute atomic E-state index is 0.256. The van der Waals surface area contributed by atoms with Gasteiger partial charge in [0.25, 0.3) is 0 Å². The van der Waals surface area contributed by atoms with Gasteiger partial charge in [-0.05, 0) is 31.3 Å². The van der Waals surface area contributed by atoms with Crippen LogP contribution >= 0.6 is 0 Å². The SMILES string of the molecule is CNCc1cnc(Oc2ccc(C(N)=O)cc2)nc1. The first-order valence-electron chi connectivity index (χ1n) is 5.72.